The molecule has 506 valence electrons. The molecule has 4 bridgehead atoms. The lowest BCUT2D eigenvalue weighted by molar-refractivity contribution is -0.237. The second-order valence-electron chi connectivity index (χ2n) is 23.2. The third kappa shape index (κ3) is 22.4. The largest absolute Gasteiger partial charge is 0.461 e. The summed E-state index contributed by atoms with van der Waals surface area (Å²) in [5, 5.41) is 65.2. The third-order valence-electron chi connectivity index (χ3n) is 15.9. The Morgan fingerprint density at radius 1 is 0.549 bits per heavy atom. The second kappa shape index (κ2) is 36.3. The molecule has 0 spiro atoms. The predicted octanol–water partition coefficient (Wildman–Crippen LogP) is -2.64. The summed E-state index contributed by atoms with van der Waals surface area (Å²) >= 11 is 0. The number of carbonyl (C=O) groups is 8. The molecule has 32 heteroatoms. The number of aromatic nitrogens is 3. The number of anilines is 3. The first kappa shape index (κ1) is 71.4. The molecule has 5 aliphatic rings. The van der Waals surface area contributed by atoms with Gasteiger partial charge < -0.3 is 106 Å². The van der Waals surface area contributed by atoms with Crippen LogP contribution < -0.4 is 47.4 Å². The van der Waals surface area contributed by atoms with E-state index in [9.17, 15) is 58.8 Å². The van der Waals surface area contributed by atoms with Crippen LogP contribution in [0.3, 0.4) is 0 Å². The summed E-state index contributed by atoms with van der Waals surface area (Å²) in [4.78, 5) is 117. The van der Waals surface area contributed by atoms with Gasteiger partial charge in [0.1, 0.15) is 54.3 Å². The average Bonchev–Trinajstić information content (AvgIpc) is 1.64. The quantitative estimate of drug-likeness (QED) is 0.0240. The lowest BCUT2D eigenvalue weighted by atomic mass is 9.88. The van der Waals surface area contributed by atoms with Crippen molar-refractivity contribution < 1.29 is 91.9 Å². The normalized spacial score (nSPS) is 24.8. The zero-order valence-corrected chi connectivity index (χ0v) is 51.9. The second-order valence-corrected chi connectivity index (χ2v) is 23.2. The molecule has 7 amide bonds. The number of aliphatic hydroxyl groups excluding tert-OH is 4. The minimum absolute atomic E-state index is 0.0157. The van der Waals surface area contributed by atoms with Crippen LogP contribution in [-0.4, -0.2) is 253 Å². The van der Waals surface area contributed by atoms with Crippen LogP contribution in [0.15, 0.2) is 30.3 Å². The maximum Gasteiger partial charge on any atom is 0.306 e. The Morgan fingerprint density at radius 2 is 1.01 bits per heavy atom. The van der Waals surface area contributed by atoms with Gasteiger partial charge in [-0.1, -0.05) is 30.3 Å². The predicted molar refractivity (Wildman–Crippen MR) is 322 cm³/mol. The molecule has 32 nitrogen and oxygen atoms in total. The summed E-state index contributed by atoms with van der Waals surface area (Å²) in [6, 6.07) is 7.53. The van der Waals surface area contributed by atoms with Crippen molar-refractivity contribution in [3.8, 4) is 0 Å². The van der Waals surface area contributed by atoms with Gasteiger partial charge in [-0.15, -0.1) is 0 Å². The van der Waals surface area contributed by atoms with Gasteiger partial charge in [0.2, 0.25) is 59.2 Å². The van der Waals surface area contributed by atoms with Crippen LogP contribution in [0.5, 0.6) is 0 Å². The minimum atomic E-state index is -1.34. The summed E-state index contributed by atoms with van der Waals surface area (Å²) in [6.45, 7) is 6.41. The zero-order valence-electron chi connectivity index (χ0n) is 51.9. The smallest absolute Gasteiger partial charge is 0.306 e. The molecular formula is C59H91N13O19. The highest BCUT2D eigenvalue weighted by atomic mass is 16.8. The van der Waals surface area contributed by atoms with Crippen LogP contribution in [0.1, 0.15) is 103 Å². The maximum absolute atomic E-state index is 13.1. The lowest BCUT2D eigenvalue weighted by Crippen LogP contribution is -2.66. The van der Waals surface area contributed by atoms with Crippen molar-refractivity contribution in [2.45, 2.75) is 164 Å². The molecule has 0 unspecified atom stereocenters. The Balaban J connectivity index is 0.760. The van der Waals surface area contributed by atoms with Gasteiger partial charge in [0, 0.05) is 131 Å². The van der Waals surface area contributed by atoms with Crippen molar-refractivity contribution in [1.29, 1.82) is 0 Å². The number of rotatable bonds is 39. The number of esters is 1. The third-order valence-corrected chi connectivity index (χ3v) is 15.9. The van der Waals surface area contributed by atoms with Crippen molar-refractivity contribution in [1.82, 2.24) is 51.8 Å². The maximum atomic E-state index is 13.1. The fourth-order valence-electron chi connectivity index (χ4n) is 10.8. The molecule has 10 atom stereocenters. The number of hydrogen-bond acceptors (Lipinski definition) is 25. The van der Waals surface area contributed by atoms with E-state index in [0.29, 0.717) is 103 Å². The van der Waals surface area contributed by atoms with Gasteiger partial charge >= 0.3 is 5.97 Å². The van der Waals surface area contributed by atoms with E-state index in [4.69, 9.17) is 33.2 Å². The summed E-state index contributed by atoms with van der Waals surface area (Å²) in [6.07, 6.45) is -2.66. The van der Waals surface area contributed by atoms with Crippen LogP contribution in [-0.2, 0) is 78.1 Å². The van der Waals surface area contributed by atoms with E-state index in [-0.39, 0.29) is 145 Å². The topological polar surface area (TPSA) is 423 Å². The van der Waals surface area contributed by atoms with Crippen LogP contribution in [0.4, 0.5) is 17.8 Å². The Kier molecular flexibility index (Phi) is 28.5. The molecule has 0 saturated carbocycles. The van der Waals surface area contributed by atoms with Crippen molar-refractivity contribution >= 4 is 65.2 Å². The van der Waals surface area contributed by atoms with E-state index in [0.717, 1.165) is 5.56 Å². The van der Waals surface area contributed by atoms with Crippen molar-refractivity contribution in [2.75, 3.05) is 121 Å². The Hall–Kier alpha value is -7.01. The van der Waals surface area contributed by atoms with E-state index in [1.807, 2.05) is 35.2 Å². The van der Waals surface area contributed by atoms with E-state index in [1.165, 1.54) is 13.8 Å². The zero-order chi connectivity index (χ0) is 65.2. The van der Waals surface area contributed by atoms with Gasteiger partial charge in [0.15, 0.2) is 12.6 Å². The molecule has 0 radical (unpaired) electrons. The first-order valence-electron chi connectivity index (χ1n) is 31.4. The van der Waals surface area contributed by atoms with E-state index in [1.54, 1.807) is 4.90 Å². The minimum Gasteiger partial charge on any atom is -0.461 e. The van der Waals surface area contributed by atoms with Crippen LogP contribution in [0.25, 0.3) is 0 Å². The first-order valence-corrected chi connectivity index (χ1v) is 31.4. The molecule has 2 aromatic rings. The van der Waals surface area contributed by atoms with Crippen LogP contribution >= 0.6 is 0 Å². The molecule has 0 aliphatic carbocycles. The fraction of sp³-hybridized carbons (Fsp3) is 0.712. The number of fused-ring (bicyclic) bond motifs is 4. The Labute approximate surface area is 528 Å². The lowest BCUT2D eigenvalue weighted by Gasteiger charge is -2.42. The molecule has 1 aromatic heterocycles. The number of piperazine rings is 1. The Morgan fingerprint density at radius 3 is 1.47 bits per heavy atom. The first-order chi connectivity index (χ1) is 43.8. The number of carbonyl (C=O) groups excluding carboxylic acids is 8. The molecule has 91 heavy (non-hydrogen) atoms. The molecule has 5 aliphatic heterocycles. The molecule has 6 heterocycles. The fourth-order valence-corrected chi connectivity index (χ4v) is 10.8. The van der Waals surface area contributed by atoms with Gasteiger partial charge in [0.25, 0.3) is 0 Å². The summed E-state index contributed by atoms with van der Waals surface area (Å²) in [5.41, 5.74) is -1.65. The van der Waals surface area contributed by atoms with Crippen LogP contribution in [0, 0.1) is 0 Å². The number of benzene rings is 1. The number of amides is 7. The van der Waals surface area contributed by atoms with E-state index >= 15 is 0 Å². The average molecular weight is 1290 g/mol. The van der Waals surface area contributed by atoms with Gasteiger partial charge in [-0.05, 0) is 50.5 Å². The molecular weight excluding hydrogens is 1190 g/mol. The van der Waals surface area contributed by atoms with E-state index < -0.39 is 72.1 Å². The highest BCUT2D eigenvalue weighted by Gasteiger charge is 2.61. The molecule has 7 rings (SSSR count). The van der Waals surface area contributed by atoms with Crippen molar-refractivity contribution in [2.24, 2.45) is 0 Å². The van der Waals surface area contributed by atoms with Gasteiger partial charge in [-0.2, -0.15) is 15.0 Å². The van der Waals surface area contributed by atoms with Gasteiger partial charge in [-0.25, -0.2) is 0 Å². The van der Waals surface area contributed by atoms with E-state index in [2.05, 4.69) is 57.5 Å². The summed E-state index contributed by atoms with van der Waals surface area (Å²) in [5.74, 6) is -1.37. The number of aliphatic hydroxyl groups is 4. The van der Waals surface area contributed by atoms with Crippen molar-refractivity contribution in [3.63, 3.8) is 0 Å². The highest BCUT2D eigenvalue weighted by Crippen LogP contribution is 2.39. The highest BCUT2D eigenvalue weighted by molar-refractivity contribution is 5.79. The molecule has 1 aromatic carbocycles. The standard InChI is InChI=1S/C59H91N13O19/c1-38(73)66-47-49(81)51(83)58(36-88-53(47)90-58)34-85-31-8-6-15-41(75)60-21-11-23-62-43(77)19-25-64-55-68-56(70-57(69-55)72-29-27-71(28-30-72)45(79)17-10-18-46(80)87-33-40-13-4-3-5-14-40)65-26-20-44(78)63-24-12-22-61-42(76)16-7-9-32-86-35-59-37-89-54(91-59)48(67-39(2)74)50(82)52(59)84/h3-5,13-14,47-54,81-84H,6-12,15-37H2,1-2H3,(H,60,75)(H,61,76)(H,62,77)(H,63,78)(H,66,73)(H,67,74)(H2,64,65,68,69,70)/t47-,48-,49-,50-,51-,52-,53+,54+,58+,59+/m1/s1. The van der Waals surface area contributed by atoms with Gasteiger partial charge in [-0.3, -0.25) is 38.4 Å². The summed E-state index contributed by atoms with van der Waals surface area (Å²) < 4.78 is 39.7. The summed E-state index contributed by atoms with van der Waals surface area (Å²) in [7, 11) is 0. The number of hydrogen-bond donors (Lipinski definition) is 12. The number of nitrogens with one attached hydrogen (secondary N) is 8. The SMILES string of the molecule is CC(=O)N[C@H]1[C@H]2OC[C@](COCCCCC(=O)NCCCNC(=O)CCNc3nc(NCCC(=O)NCCCNC(=O)CCCCOC[C@@]45CO[C@@H](O4)[C@H](NC(C)=O)[C@@H](O)[C@H]5O)nc(N4CCN(C(=O)CCCC(=O)OCc5ccccc5)CC4)n3)(O2)[C@H](O)[C@@H]1O. The van der Waals surface area contributed by atoms with Gasteiger partial charge in [0.05, 0.1) is 26.4 Å². The molecule has 12 N–H and O–H groups in total. The monoisotopic (exact) mass is 1290 g/mol. The molecule has 5 fully saturated rings. The number of nitrogens with zero attached hydrogens (tertiary/aromatic N) is 5. The molecule has 5 saturated heterocycles. The number of unbranched alkanes of at least 4 members (excludes halogenated alkanes) is 2. The van der Waals surface area contributed by atoms with Crippen molar-refractivity contribution in [3.05, 3.63) is 35.9 Å². The Bertz CT molecular complexity index is 2570. The number of ether oxygens (including phenoxy) is 7. The van der Waals surface area contributed by atoms with Crippen LogP contribution in [0.2, 0.25) is 0 Å².